The van der Waals surface area contributed by atoms with Crippen LogP contribution in [0, 0.1) is 0 Å². The highest BCUT2D eigenvalue weighted by atomic mass is 35.5. The van der Waals surface area contributed by atoms with Crippen molar-refractivity contribution in [3.63, 3.8) is 0 Å². The maximum atomic E-state index is 11.7. The Morgan fingerprint density at radius 2 is 2.10 bits per heavy atom. The van der Waals surface area contributed by atoms with E-state index in [1.165, 1.54) is 0 Å². The second-order valence-corrected chi connectivity index (χ2v) is 9.22. The molecule has 9 nitrogen and oxygen atoms in total. The second-order valence-electron chi connectivity index (χ2n) is 7.06. The van der Waals surface area contributed by atoms with Gasteiger partial charge in [-0.05, 0) is 37.0 Å². The van der Waals surface area contributed by atoms with E-state index in [9.17, 15) is 13.2 Å². The van der Waals surface area contributed by atoms with Crippen LogP contribution in [-0.4, -0.2) is 48.4 Å². The van der Waals surface area contributed by atoms with Crippen molar-refractivity contribution in [2.45, 2.75) is 31.2 Å². The number of carboxylic acid groups (broad SMARTS) is 1. The molecule has 0 bridgehead atoms. The predicted molar refractivity (Wildman–Crippen MR) is 111 cm³/mol. The first-order valence-corrected chi connectivity index (χ1v) is 11.2. The van der Waals surface area contributed by atoms with Crippen molar-refractivity contribution in [3.05, 3.63) is 46.7 Å². The summed E-state index contributed by atoms with van der Waals surface area (Å²) in [7, 11) is -3.46. The molecule has 1 fully saturated rings. The Balaban J connectivity index is 1.72. The lowest BCUT2D eigenvalue weighted by Crippen LogP contribution is -2.36. The number of anilines is 2. The first-order valence-electron chi connectivity index (χ1n) is 8.96. The van der Waals surface area contributed by atoms with Gasteiger partial charge in [0.25, 0.3) is 0 Å². The highest BCUT2D eigenvalue weighted by molar-refractivity contribution is 7.92. The molecule has 11 heteroatoms. The molecule has 1 aliphatic carbocycles. The normalized spacial score (nSPS) is 19.3. The van der Waals surface area contributed by atoms with Crippen LogP contribution in [0.1, 0.15) is 36.4 Å². The van der Waals surface area contributed by atoms with Crippen molar-refractivity contribution >= 4 is 39.4 Å². The smallest absolute Gasteiger partial charge is 0.404 e. The second kappa shape index (κ2) is 8.42. The van der Waals surface area contributed by atoms with Crippen LogP contribution in [0.3, 0.4) is 0 Å². The first-order chi connectivity index (χ1) is 13.6. The molecule has 156 valence electrons. The van der Waals surface area contributed by atoms with E-state index in [1.54, 1.807) is 25.3 Å². The highest BCUT2D eigenvalue weighted by Gasteiger charge is 2.42. The summed E-state index contributed by atoms with van der Waals surface area (Å²) in [6.07, 6.45) is 2.46. The summed E-state index contributed by atoms with van der Waals surface area (Å²) < 4.78 is 25.9. The van der Waals surface area contributed by atoms with E-state index in [4.69, 9.17) is 16.7 Å². The van der Waals surface area contributed by atoms with Crippen LogP contribution in [-0.2, 0) is 10.0 Å². The topological polar surface area (TPSA) is 133 Å². The van der Waals surface area contributed by atoms with E-state index in [0.717, 1.165) is 23.9 Å². The van der Waals surface area contributed by atoms with E-state index >= 15 is 0 Å². The zero-order valence-corrected chi connectivity index (χ0v) is 17.5. The number of halogens is 1. The Kier molecular flexibility index (Phi) is 6.13. The minimum absolute atomic E-state index is 0.0910. The van der Waals surface area contributed by atoms with Gasteiger partial charge in [-0.15, -0.1) is 0 Å². The van der Waals surface area contributed by atoms with Crippen LogP contribution in [0.15, 0.2) is 30.5 Å². The van der Waals surface area contributed by atoms with Crippen LogP contribution in [0.25, 0.3) is 0 Å². The molecular formula is C18H22ClN5O4S. The molecule has 0 aliphatic heterocycles. The molecule has 1 aliphatic rings. The third-order valence-electron chi connectivity index (χ3n) is 4.52. The lowest BCUT2D eigenvalue weighted by atomic mass is 10.1. The Morgan fingerprint density at radius 3 is 2.79 bits per heavy atom. The van der Waals surface area contributed by atoms with Crippen LogP contribution in [0.5, 0.6) is 0 Å². The number of nitrogens with zero attached hydrogens (tertiary/aromatic N) is 2. The average Bonchev–Trinajstić information content (AvgIpc) is 3.41. The number of nitrogens with one attached hydrogen (secondary N) is 3. The van der Waals surface area contributed by atoms with Crippen LogP contribution < -0.4 is 15.4 Å². The molecule has 3 rings (SSSR count). The van der Waals surface area contributed by atoms with E-state index in [1.807, 2.05) is 12.1 Å². The number of amides is 1. The van der Waals surface area contributed by atoms with Gasteiger partial charge in [-0.2, -0.15) is 0 Å². The maximum absolute atomic E-state index is 11.7. The summed E-state index contributed by atoms with van der Waals surface area (Å²) in [5.41, 5.74) is 2.07. The Hall–Kier alpha value is -2.59. The number of para-hydroxylation sites is 1. The minimum atomic E-state index is -3.46. The Labute approximate surface area is 174 Å². The van der Waals surface area contributed by atoms with E-state index in [0.29, 0.717) is 23.2 Å². The van der Waals surface area contributed by atoms with E-state index in [-0.39, 0.29) is 17.9 Å². The highest BCUT2D eigenvalue weighted by Crippen LogP contribution is 2.56. The van der Waals surface area contributed by atoms with E-state index in [2.05, 4.69) is 25.3 Å². The summed E-state index contributed by atoms with van der Waals surface area (Å²) >= 11 is 6.22. The zero-order chi connectivity index (χ0) is 21.2. The molecule has 1 amide bonds. The van der Waals surface area contributed by atoms with Gasteiger partial charge in [0.1, 0.15) is 0 Å². The number of sulfonamides is 1. The van der Waals surface area contributed by atoms with Gasteiger partial charge in [-0.3, -0.25) is 4.72 Å². The molecule has 3 unspecified atom stereocenters. The Morgan fingerprint density at radius 1 is 1.34 bits per heavy atom. The summed E-state index contributed by atoms with van der Waals surface area (Å²) in [5, 5.41) is 14.5. The number of carbonyl (C=O) groups is 1. The standard InChI is InChI=1S/C18H22ClN5O4S/c1-10(22-18(25)26)9-21-17-20-7-6-15(23-17)13-8-12(13)11-4-3-5-14(19)16(11)24-29(2,27)28/h3-7,10,12-13,22,24H,8-9H2,1-2H3,(H,25,26)(H,20,21,23). The molecule has 0 saturated heterocycles. The summed E-state index contributed by atoms with van der Waals surface area (Å²) in [6, 6.07) is 6.83. The summed E-state index contributed by atoms with van der Waals surface area (Å²) in [6.45, 7) is 2.08. The largest absolute Gasteiger partial charge is 0.465 e. The number of aromatic nitrogens is 2. The minimum Gasteiger partial charge on any atom is -0.465 e. The van der Waals surface area contributed by atoms with Crippen LogP contribution in [0.4, 0.5) is 16.4 Å². The molecule has 1 heterocycles. The molecule has 2 aromatic rings. The Bertz CT molecular complexity index is 1020. The van der Waals surface area contributed by atoms with Crippen molar-refractivity contribution in [2.24, 2.45) is 0 Å². The van der Waals surface area contributed by atoms with Gasteiger partial charge in [0.05, 0.1) is 17.0 Å². The van der Waals surface area contributed by atoms with Gasteiger partial charge in [-0.25, -0.2) is 23.2 Å². The predicted octanol–water partition coefficient (Wildman–Crippen LogP) is 2.84. The van der Waals surface area contributed by atoms with Crippen molar-refractivity contribution in [1.82, 2.24) is 15.3 Å². The van der Waals surface area contributed by atoms with Crippen LogP contribution in [0.2, 0.25) is 5.02 Å². The van der Waals surface area contributed by atoms with Gasteiger partial charge >= 0.3 is 6.09 Å². The molecule has 29 heavy (non-hydrogen) atoms. The van der Waals surface area contributed by atoms with Gasteiger partial charge in [-0.1, -0.05) is 23.7 Å². The third-order valence-corrected chi connectivity index (χ3v) is 5.41. The fraction of sp³-hybridized carbons (Fsp3) is 0.389. The molecule has 1 aromatic carbocycles. The fourth-order valence-electron chi connectivity index (χ4n) is 3.18. The van der Waals surface area contributed by atoms with Gasteiger partial charge in [0.2, 0.25) is 16.0 Å². The van der Waals surface area contributed by atoms with Gasteiger partial charge in [0.15, 0.2) is 0 Å². The number of hydrogen-bond acceptors (Lipinski definition) is 6. The fourth-order valence-corrected chi connectivity index (χ4v) is 4.06. The molecular weight excluding hydrogens is 418 g/mol. The maximum Gasteiger partial charge on any atom is 0.404 e. The quantitative estimate of drug-likeness (QED) is 0.496. The van der Waals surface area contributed by atoms with Gasteiger partial charge in [0, 0.05) is 30.4 Å². The van der Waals surface area contributed by atoms with Crippen molar-refractivity contribution < 1.29 is 18.3 Å². The molecule has 1 saturated carbocycles. The lowest BCUT2D eigenvalue weighted by Gasteiger charge is -2.13. The molecule has 3 atom stereocenters. The number of hydrogen-bond donors (Lipinski definition) is 4. The molecule has 1 aromatic heterocycles. The first kappa shape index (κ1) is 21.1. The summed E-state index contributed by atoms with van der Waals surface area (Å²) in [5.74, 6) is 0.618. The average molecular weight is 440 g/mol. The van der Waals surface area contributed by atoms with Crippen molar-refractivity contribution in [2.75, 3.05) is 22.8 Å². The zero-order valence-electron chi connectivity index (χ0n) is 15.9. The number of rotatable bonds is 8. The third kappa shape index (κ3) is 5.70. The molecule has 0 spiro atoms. The summed E-state index contributed by atoms with van der Waals surface area (Å²) in [4.78, 5) is 19.3. The van der Waals surface area contributed by atoms with Crippen LogP contribution >= 0.6 is 11.6 Å². The monoisotopic (exact) mass is 439 g/mol. The SMILES string of the molecule is CC(CNc1nccc(C2CC2c2cccc(Cl)c2NS(C)(=O)=O)n1)NC(=O)O. The molecule has 4 N–H and O–H groups in total. The molecule has 0 radical (unpaired) electrons. The van der Waals surface area contributed by atoms with Crippen molar-refractivity contribution in [3.8, 4) is 0 Å². The van der Waals surface area contributed by atoms with E-state index < -0.39 is 16.1 Å². The van der Waals surface area contributed by atoms with Gasteiger partial charge < -0.3 is 15.7 Å². The van der Waals surface area contributed by atoms with Crippen molar-refractivity contribution in [1.29, 1.82) is 0 Å². The number of benzene rings is 1. The lowest BCUT2D eigenvalue weighted by molar-refractivity contribution is 0.191.